The highest BCUT2D eigenvalue weighted by atomic mass is 28.3. The van der Waals surface area contributed by atoms with Gasteiger partial charge in [0, 0.05) is 8.07 Å². The van der Waals surface area contributed by atoms with Gasteiger partial charge in [-0.3, -0.25) is 0 Å². The summed E-state index contributed by atoms with van der Waals surface area (Å²) in [6, 6.07) is 1.36. The molecule has 0 unspecified atom stereocenters. The van der Waals surface area contributed by atoms with Gasteiger partial charge in [0.2, 0.25) is 0 Å². The molecule has 82 valence electrons. The van der Waals surface area contributed by atoms with Crippen molar-refractivity contribution in [2.45, 2.75) is 51.9 Å². The predicted octanol–water partition coefficient (Wildman–Crippen LogP) is 4.69. The molecule has 0 radical (unpaired) electrons. The summed E-state index contributed by atoms with van der Waals surface area (Å²) in [6.07, 6.45) is 8.70. The van der Waals surface area contributed by atoms with Gasteiger partial charge in [-0.15, -0.1) is 0 Å². The quantitative estimate of drug-likeness (QED) is 0.590. The van der Waals surface area contributed by atoms with Crippen LogP contribution in [0, 0.1) is 0 Å². The van der Waals surface area contributed by atoms with E-state index in [-0.39, 0.29) is 0 Å². The molecule has 0 aromatic carbocycles. The van der Waals surface area contributed by atoms with Gasteiger partial charge in [0.25, 0.3) is 0 Å². The molecule has 15 heavy (non-hydrogen) atoms. The van der Waals surface area contributed by atoms with Crippen molar-refractivity contribution in [2.75, 3.05) is 0 Å². The highest BCUT2D eigenvalue weighted by Crippen LogP contribution is 2.40. The van der Waals surface area contributed by atoms with E-state index in [1.54, 1.807) is 22.3 Å². The molecule has 0 aliphatic heterocycles. The molecule has 1 heteroatoms. The number of rotatable bonds is 2. The minimum Gasteiger partial charge on any atom is -0.0766 e. The molecule has 0 heterocycles. The molecule has 2 aliphatic carbocycles. The Balaban J connectivity index is 2.22. The largest absolute Gasteiger partial charge is 0.0766 e. The second-order valence-electron chi connectivity index (χ2n) is 6.09. The average Bonchev–Trinajstić information content (AvgIpc) is 2.48. The van der Waals surface area contributed by atoms with Gasteiger partial charge < -0.3 is 0 Å². The third-order valence-corrected chi connectivity index (χ3v) is 4.77. The first-order valence-corrected chi connectivity index (χ1v) is 9.77. The van der Waals surface area contributed by atoms with E-state index in [1.807, 2.05) is 0 Å². The van der Waals surface area contributed by atoms with Crippen LogP contribution in [0.15, 0.2) is 34.4 Å². The van der Waals surface area contributed by atoms with Crippen molar-refractivity contribution >= 4 is 8.07 Å². The van der Waals surface area contributed by atoms with E-state index in [9.17, 15) is 0 Å². The summed E-state index contributed by atoms with van der Waals surface area (Å²) in [7, 11) is -0.952. The van der Waals surface area contributed by atoms with E-state index in [0.29, 0.717) is 0 Å². The maximum Gasteiger partial charge on any atom is 0.0487 e. The van der Waals surface area contributed by atoms with Crippen molar-refractivity contribution in [1.29, 1.82) is 0 Å². The fraction of sp³-hybridized carbons (Fsp3) is 0.571. The van der Waals surface area contributed by atoms with Crippen LogP contribution in [0.1, 0.15) is 26.2 Å². The Labute approximate surface area is 94.8 Å². The van der Waals surface area contributed by atoms with Crippen molar-refractivity contribution < 1.29 is 0 Å². The molecular weight excluding hydrogens is 196 g/mol. The number of fused-ring (bicyclic) bond motifs is 1. The van der Waals surface area contributed by atoms with Gasteiger partial charge in [0.15, 0.2) is 0 Å². The lowest BCUT2D eigenvalue weighted by molar-refractivity contribution is 0.919. The molecule has 0 atom stereocenters. The highest BCUT2D eigenvalue weighted by Gasteiger charge is 2.25. The van der Waals surface area contributed by atoms with Crippen molar-refractivity contribution in [2.24, 2.45) is 0 Å². The number of allylic oxidation sites excluding steroid dienone is 6. The maximum absolute atomic E-state index is 2.48. The minimum absolute atomic E-state index is 0.952. The van der Waals surface area contributed by atoms with Gasteiger partial charge in [-0.05, 0) is 48.9 Å². The Morgan fingerprint density at radius 2 is 1.93 bits per heavy atom. The molecular formula is C14H22Si. The fourth-order valence-electron chi connectivity index (χ4n) is 2.62. The SMILES string of the molecule is CC1=C2CC=C(C[Si](C)(C)C)C2=CCC1. The topological polar surface area (TPSA) is 0 Å². The number of hydrogen-bond acceptors (Lipinski definition) is 0. The molecule has 0 fully saturated rings. The van der Waals surface area contributed by atoms with Crippen LogP contribution < -0.4 is 0 Å². The van der Waals surface area contributed by atoms with Crippen molar-refractivity contribution in [3.8, 4) is 0 Å². The zero-order valence-electron chi connectivity index (χ0n) is 10.5. The third-order valence-electron chi connectivity index (χ3n) is 3.33. The van der Waals surface area contributed by atoms with E-state index in [1.165, 1.54) is 25.3 Å². The van der Waals surface area contributed by atoms with Gasteiger partial charge >= 0.3 is 0 Å². The Morgan fingerprint density at radius 1 is 1.20 bits per heavy atom. The zero-order chi connectivity index (χ0) is 11.1. The molecule has 0 spiro atoms. The molecule has 0 bridgehead atoms. The molecule has 0 aromatic rings. The van der Waals surface area contributed by atoms with E-state index in [2.05, 4.69) is 38.7 Å². The molecule has 0 aromatic heterocycles. The average molecular weight is 218 g/mol. The first kappa shape index (κ1) is 10.9. The van der Waals surface area contributed by atoms with E-state index in [0.717, 1.165) is 0 Å². The summed E-state index contributed by atoms with van der Waals surface area (Å²) < 4.78 is 0. The van der Waals surface area contributed by atoms with E-state index < -0.39 is 8.07 Å². The second-order valence-corrected chi connectivity index (χ2v) is 11.6. The summed E-state index contributed by atoms with van der Waals surface area (Å²) in [4.78, 5) is 0. The minimum atomic E-state index is -0.952. The molecule has 2 aliphatic rings. The third kappa shape index (κ3) is 2.33. The van der Waals surface area contributed by atoms with Crippen LogP contribution in [0.25, 0.3) is 0 Å². The number of hydrogen-bond donors (Lipinski definition) is 0. The zero-order valence-corrected chi connectivity index (χ0v) is 11.5. The monoisotopic (exact) mass is 218 g/mol. The summed E-state index contributed by atoms with van der Waals surface area (Å²) in [5, 5.41) is 0. The van der Waals surface area contributed by atoms with Crippen molar-refractivity contribution in [1.82, 2.24) is 0 Å². The van der Waals surface area contributed by atoms with Crippen LogP contribution in [0.3, 0.4) is 0 Å². The van der Waals surface area contributed by atoms with Gasteiger partial charge in [-0.25, -0.2) is 0 Å². The Kier molecular flexibility index (Phi) is 2.76. The predicted molar refractivity (Wildman–Crippen MR) is 70.9 cm³/mol. The van der Waals surface area contributed by atoms with Gasteiger partial charge in [-0.1, -0.05) is 37.4 Å². The molecule has 0 N–H and O–H groups in total. The van der Waals surface area contributed by atoms with E-state index in [4.69, 9.17) is 0 Å². The summed E-state index contributed by atoms with van der Waals surface area (Å²) in [6.45, 7) is 9.71. The second kappa shape index (κ2) is 3.78. The first-order valence-electron chi connectivity index (χ1n) is 6.06. The first-order chi connectivity index (χ1) is 6.97. The standard InChI is InChI=1S/C14H22Si/c1-11-6-5-7-14-12(8-9-13(11)14)10-15(2,3)4/h7-8H,5-6,9-10H2,1-4H3. The highest BCUT2D eigenvalue weighted by molar-refractivity contribution is 6.76. The van der Waals surface area contributed by atoms with Crippen LogP contribution >= 0.6 is 0 Å². The van der Waals surface area contributed by atoms with Crippen LogP contribution in [0.2, 0.25) is 25.7 Å². The Morgan fingerprint density at radius 3 is 2.60 bits per heavy atom. The molecule has 0 saturated heterocycles. The Hall–Kier alpha value is -0.563. The molecule has 0 saturated carbocycles. The molecule has 2 rings (SSSR count). The van der Waals surface area contributed by atoms with Crippen LogP contribution in [0.5, 0.6) is 0 Å². The van der Waals surface area contributed by atoms with Crippen LogP contribution in [0.4, 0.5) is 0 Å². The lowest BCUT2D eigenvalue weighted by atomic mass is 9.91. The summed E-state index contributed by atoms with van der Waals surface area (Å²) >= 11 is 0. The molecule has 0 nitrogen and oxygen atoms in total. The molecule has 0 amide bonds. The summed E-state index contributed by atoms with van der Waals surface area (Å²) in [5.41, 5.74) is 6.55. The lowest BCUT2D eigenvalue weighted by Gasteiger charge is -2.21. The van der Waals surface area contributed by atoms with Gasteiger partial charge in [0.1, 0.15) is 0 Å². The maximum atomic E-state index is 2.48. The Bertz CT molecular complexity index is 361. The fourth-order valence-corrected chi connectivity index (χ4v) is 4.10. The lowest BCUT2D eigenvalue weighted by Crippen LogP contribution is -2.20. The van der Waals surface area contributed by atoms with Crippen molar-refractivity contribution in [3.63, 3.8) is 0 Å². The normalized spacial score (nSPS) is 21.3. The van der Waals surface area contributed by atoms with Gasteiger partial charge in [-0.2, -0.15) is 0 Å². The summed E-state index contributed by atoms with van der Waals surface area (Å²) in [5.74, 6) is 0. The van der Waals surface area contributed by atoms with Crippen LogP contribution in [-0.4, -0.2) is 8.07 Å². The smallest absolute Gasteiger partial charge is 0.0487 e. The van der Waals surface area contributed by atoms with Gasteiger partial charge in [0.05, 0.1) is 0 Å². The van der Waals surface area contributed by atoms with E-state index >= 15 is 0 Å². The van der Waals surface area contributed by atoms with Crippen molar-refractivity contribution in [3.05, 3.63) is 34.4 Å². The van der Waals surface area contributed by atoms with Crippen LogP contribution in [-0.2, 0) is 0 Å².